The second-order valence-electron chi connectivity index (χ2n) is 4.22. The van der Waals surface area contributed by atoms with Crippen molar-refractivity contribution in [2.75, 3.05) is 6.54 Å². The number of Topliss-reactive ketones (excluding diaryl/α,β-unsaturated/α-hetero) is 1. The maximum Gasteiger partial charge on any atom is 0.287 e. The van der Waals surface area contributed by atoms with Gasteiger partial charge in [-0.3, -0.25) is 9.59 Å². The highest BCUT2D eigenvalue weighted by Gasteiger charge is 2.08. The summed E-state index contributed by atoms with van der Waals surface area (Å²) in [6, 6.07) is 10.2. The average molecular weight is 346 g/mol. The normalized spacial score (nSPS) is 9.62. The molecular formula is C16H12BrNO3. The van der Waals surface area contributed by atoms with E-state index < -0.39 is 0 Å². The number of ketones is 1. The van der Waals surface area contributed by atoms with Crippen molar-refractivity contribution in [3.05, 3.63) is 58.0 Å². The van der Waals surface area contributed by atoms with Crippen molar-refractivity contribution >= 4 is 27.6 Å². The van der Waals surface area contributed by atoms with Crippen LogP contribution in [0.2, 0.25) is 0 Å². The van der Waals surface area contributed by atoms with E-state index in [4.69, 9.17) is 4.42 Å². The molecule has 2 rings (SSSR count). The van der Waals surface area contributed by atoms with Crippen LogP contribution in [-0.2, 0) is 0 Å². The number of nitrogens with one attached hydrogen (secondary N) is 1. The Labute approximate surface area is 130 Å². The van der Waals surface area contributed by atoms with Crippen molar-refractivity contribution in [2.24, 2.45) is 0 Å². The van der Waals surface area contributed by atoms with Crippen LogP contribution in [0.25, 0.3) is 0 Å². The Morgan fingerprint density at radius 2 is 1.90 bits per heavy atom. The first-order valence-corrected chi connectivity index (χ1v) is 6.99. The smallest absolute Gasteiger partial charge is 0.287 e. The summed E-state index contributed by atoms with van der Waals surface area (Å²) in [6.07, 6.45) is 0. The Kier molecular flexibility index (Phi) is 4.96. The molecule has 0 fully saturated rings. The summed E-state index contributed by atoms with van der Waals surface area (Å²) >= 11 is 3.13. The van der Waals surface area contributed by atoms with Gasteiger partial charge in [-0.1, -0.05) is 24.0 Å². The van der Waals surface area contributed by atoms with Crippen LogP contribution < -0.4 is 5.32 Å². The zero-order valence-electron chi connectivity index (χ0n) is 11.3. The topological polar surface area (TPSA) is 59.3 Å². The lowest BCUT2D eigenvalue weighted by molar-refractivity contribution is 0.0929. The first-order valence-electron chi connectivity index (χ1n) is 6.19. The highest BCUT2D eigenvalue weighted by atomic mass is 79.9. The van der Waals surface area contributed by atoms with Gasteiger partial charge in [0, 0.05) is 11.1 Å². The summed E-state index contributed by atoms with van der Waals surface area (Å²) < 4.78 is 5.62. The molecule has 0 saturated heterocycles. The van der Waals surface area contributed by atoms with Gasteiger partial charge in [0.1, 0.15) is 0 Å². The molecule has 0 saturated carbocycles. The fourth-order valence-corrected chi connectivity index (χ4v) is 1.89. The Hall–Kier alpha value is -2.32. The van der Waals surface area contributed by atoms with E-state index in [1.54, 1.807) is 36.4 Å². The summed E-state index contributed by atoms with van der Waals surface area (Å²) in [5, 5.41) is 2.63. The van der Waals surface area contributed by atoms with E-state index >= 15 is 0 Å². The molecule has 5 heteroatoms. The van der Waals surface area contributed by atoms with Crippen LogP contribution in [0.15, 0.2) is 45.5 Å². The zero-order valence-corrected chi connectivity index (χ0v) is 12.9. The van der Waals surface area contributed by atoms with Crippen molar-refractivity contribution in [1.82, 2.24) is 5.32 Å². The third-order valence-electron chi connectivity index (χ3n) is 2.66. The van der Waals surface area contributed by atoms with E-state index in [0.717, 1.165) is 5.56 Å². The molecule has 21 heavy (non-hydrogen) atoms. The van der Waals surface area contributed by atoms with Crippen LogP contribution in [0.3, 0.4) is 0 Å². The number of hydrogen-bond acceptors (Lipinski definition) is 3. The number of furan rings is 1. The third-order valence-corrected chi connectivity index (χ3v) is 3.08. The minimum atomic E-state index is -0.318. The van der Waals surface area contributed by atoms with Gasteiger partial charge in [-0.2, -0.15) is 0 Å². The lowest BCUT2D eigenvalue weighted by atomic mass is 10.1. The summed E-state index contributed by atoms with van der Waals surface area (Å²) in [4.78, 5) is 22.8. The van der Waals surface area contributed by atoms with Crippen LogP contribution >= 0.6 is 15.9 Å². The molecule has 0 atom stereocenters. The van der Waals surface area contributed by atoms with Crippen LogP contribution in [0.4, 0.5) is 0 Å². The number of carbonyl (C=O) groups is 2. The molecule has 0 aliphatic rings. The second kappa shape index (κ2) is 6.91. The van der Waals surface area contributed by atoms with Gasteiger partial charge in [-0.25, -0.2) is 0 Å². The molecule has 1 aromatic heterocycles. The summed E-state index contributed by atoms with van der Waals surface area (Å²) in [6.45, 7) is 1.73. The molecule has 2 aromatic rings. The number of hydrogen-bond donors (Lipinski definition) is 1. The second-order valence-corrected chi connectivity index (χ2v) is 5.00. The van der Waals surface area contributed by atoms with Gasteiger partial charge in [0.25, 0.3) is 5.91 Å². The average Bonchev–Trinajstić information content (AvgIpc) is 2.90. The monoisotopic (exact) mass is 345 g/mol. The molecule has 1 N–H and O–H groups in total. The van der Waals surface area contributed by atoms with E-state index in [1.807, 2.05) is 0 Å². The molecular weight excluding hydrogens is 334 g/mol. The highest BCUT2D eigenvalue weighted by molar-refractivity contribution is 9.10. The standard InChI is InChI=1S/C16H12BrNO3/c1-11(19)13-6-4-12(5-7-13)3-2-10-18-16(20)14-8-9-15(17)21-14/h4-9H,10H2,1H3,(H,18,20). The van der Waals surface area contributed by atoms with Crippen LogP contribution in [0.5, 0.6) is 0 Å². The van der Waals surface area contributed by atoms with Crippen LogP contribution in [-0.4, -0.2) is 18.2 Å². The zero-order chi connectivity index (χ0) is 15.2. The van der Waals surface area contributed by atoms with Gasteiger partial charge in [-0.05, 0) is 47.1 Å². The molecule has 0 bridgehead atoms. The van der Waals surface area contributed by atoms with Crippen molar-refractivity contribution in [3.63, 3.8) is 0 Å². The number of carbonyl (C=O) groups excluding carboxylic acids is 2. The Bertz CT molecular complexity index is 720. The van der Waals surface area contributed by atoms with Gasteiger partial charge in [0.15, 0.2) is 16.2 Å². The predicted molar refractivity (Wildman–Crippen MR) is 82.1 cm³/mol. The number of halogens is 1. The molecule has 1 amide bonds. The molecule has 0 unspecified atom stereocenters. The fraction of sp³-hybridized carbons (Fsp3) is 0.125. The largest absolute Gasteiger partial charge is 0.444 e. The van der Waals surface area contributed by atoms with E-state index in [-0.39, 0.29) is 24.0 Å². The third kappa shape index (κ3) is 4.33. The predicted octanol–water partition coefficient (Wildman–Crippen LogP) is 3.03. The van der Waals surface area contributed by atoms with Crippen molar-refractivity contribution in [2.45, 2.75) is 6.92 Å². The number of amides is 1. The fourth-order valence-electron chi connectivity index (χ4n) is 1.58. The highest BCUT2D eigenvalue weighted by Crippen LogP contribution is 2.13. The van der Waals surface area contributed by atoms with E-state index in [0.29, 0.717) is 10.2 Å². The first kappa shape index (κ1) is 15.1. The van der Waals surface area contributed by atoms with Gasteiger partial charge in [0.05, 0.1) is 6.54 Å². The summed E-state index contributed by atoms with van der Waals surface area (Å²) in [5.41, 5.74) is 1.44. The van der Waals surface area contributed by atoms with Gasteiger partial charge >= 0.3 is 0 Å². The molecule has 0 radical (unpaired) electrons. The minimum absolute atomic E-state index is 0.0198. The Morgan fingerprint density at radius 3 is 2.48 bits per heavy atom. The Balaban J connectivity index is 1.89. The first-order chi connectivity index (χ1) is 10.1. The molecule has 0 spiro atoms. The van der Waals surface area contributed by atoms with Crippen molar-refractivity contribution in [1.29, 1.82) is 0 Å². The molecule has 106 valence electrons. The lowest BCUT2D eigenvalue weighted by Crippen LogP contribution is -2.22. The maximum absolute atomic E-state index is 11.7. The number of benzene rings is 1. The molecule has 1 heterocycles. The van der Waals surface area contributed by atoms with Crippen LogP contribution in [0.1, 0.15) is 33.4 Å². The lowest BCUT2D eigenvalue weighted by Gasteiger charge is -1.97. The number of rotatable bonds is 3. The quantitative estimate of drug-likeness (QED) is 0.687. The van der Waals surface area contributed by atoms with Gasteiger partial charge < -0.3 is 9.73 Å². The van der Waals surface area contributed by atoms with Crippen molar-refractivity contribution in [3.8, 4) is 11.8 Å². The minimum Gasteiger partial charge on any atom is -0.444 e. The van der Waals surface area contributed by atoms with E-state index in [2.05, 4.69) is 33.1 Å². The van der Waals surface area contributed by atoms with Gasteiger partial charge in [0.2, 0.25) is 0 Å². The summed E-state index contributed by atoms with van der Waals surface area (Å²) in [5.74, 6) is 5.68. The molecule has 1 aromatic carbocycles. The van der Waals surface area contributed by atoms with E-state index in [1.165, 1.54) is 6.92 Å². The van der Waals surface area contributed by atoms with Crippen molar-refractivity contribution < 1.29 is 14.0 Å². The summed E-state index contributed by atoms with van der Waals surface area (Å²) in [7, 11) is 0. The SMILES string of the molecule is CC(=O)c1ccc(C#CCNC(=O)c2ccc(Br)o2)cc1. The van der Waals surface area contributed by atoms with Gasteiger partial charge in [-0.15, -0.1) is 0 Å². The van der Waals surface area contributed by atoms with Crippen LogP contribution in [0, 0.1) is 11.8 Å². The Morgan fingerprint density at radius 1 is 1.19 bits per heavy atom. The molecule has 0 aliphatic carbocycles. The van der Waals surface area contributed by atoms with E-state index in [9.17, 15) is 9.59 Å². The molecule has 0 aliphatic heterocycles. The molecule has 4 nitrogen and oxygen atoms in total. The maximum atomic E-state index is 11.7.